The molecule has 2 heterocycles. The molecule has 0 spiro atoms. The first-order chi connectivity index (χ1) is 7.61. The van der Waals surface area contributed by atoms with Crippen molar-refractivity contribution < 1.29 is 4.79 Å². The Hall–Kier alpha value is -0.690. The Bertz CT molecular complexity index is 422. The highest BCUT2D eigenvalue weighted by Crippen LogP contribution is 2.26. The van der Waals surface area contributed by atoms with Crippen LogP contribution in [-0.2, 0) is 4.79 Å². The Kier molecular flexibility index (Phi) is 3.44. The Morgan fingerprint density at radius 3 is 3.00 bits per heavy atom. The maximum Gasteiger partial charge on any atom is 0.228 e. The minimum absolute atomic E-state index is 0.132. The number of rotatable bonds is 2. The highest BCUT2D eigenvalue weighted by atomic mass is 127. The number of nitrogens with zero attached hydrogens (tertiary/aromatic N) is 2. The Morgan fingerprint density at radius 2 is 2.44 bits per heavy atom. The zero-order valence-electron chi connectivity index (χ0n) is 9.11. The van der Waals surface area contributed by atoms with Crippen molar-refractivity contribution in [2.24, 2.45) is 11.7 Å². The van der Waals surface area contributed by atoms with E-state index in [4.69, 9.17) is 5.73 Å². The Balaban J connectivity index is 2.28. The van der Waals surface area contributed by atoms with E-state index in [2.05, 4.69) is 27.6 Å². The van der Waals surface area contributed by atoms with Crippen LogP contribution >= 0.6 is 22.6 Å². The monoisotopic (exact) mass is 331 g/mol. The lowest BCUT2D eigenvalue weighted by atomic mass is 10.1. The van der Waals surface area contributed by atoms with E-state index < -0.39 is 0 Å². The average Bonchev–Trinajstić information content (AvgIpc) is 2.60. The van der Waals surface area contributed by atoms with Gasteiger partial charge in [0, 0.05) is 22.7 Å². The molecule has 0 saturated carbocycles. The molecule has 0 aliphatic carbocycles. The van der Waals surface area contributed by atoms with E-state index in [0.717, 1.165) is 15.0 Å². The minimum Gasteiger partial charge on any atom is -0.330 e. The third kappa shape index (κ3) is 2.20. The summed E-state index contributed by atoms with van der Waals surface area (Å²) in [6.45, 7) is 3.24. The van der Waals surface area contributed by atoms with Gasteiger partial charge in [0.15, 0.2) is 0 Å². The van der Waals surface area contributed by atoms with Crippen LogP contribution in [0.5, 0.6) is 0 Å². The van der Waals surface area contributed by atoms with Gasteiger partial charge in [-0.15, -0.1) is 0 Å². The molecule has 5 heteroatoms. The normalized spacial score (nSPS) is 20.6. The summed E-state index contributed by atoms with van der Waals surface area (Å²) in [5.41, 5.74) is 6.64. The fraction of sp³-hybridized carbons (Fsp3) is 0.455. The first-order valence-corrected chi connectivity index (χ1v) is 6.32. The van der Waals surface area contributed by atoms with Gasteiger partial charge in [-0.05, 0) is 53.6 Å². The number of nitrogens with two attached hydrogens (primary N) is 1. The van der Waals surface area contributed by atoms with Crippen molar-refractivity contribution in [1.82, 2.24) is 4.98 Å². The molecule has 1 aliphatic rings. The number of aromatic nitrogens is 1. The van der Waals surface area contributed by atoms with Gasteiger partial charge in [-0.25, -0.2) is 4.98 Å². The molecule has 16 heavy (non-hydrogen) atoms. The molecule has 0 bridgehead atoms. The molecule has 0 aromatic carbocycles. The lowest BCUT2D eigenvalue weighted by molar-refractivity contribution is -0.117. The van der Waals surface area contributed by atoms with Crippen LogP contribution in [0, 0.1) is 16.4 Å². The smallest absolute Gasteiger partial charge is 0.228 e. The average molecular weight is 331 g/mol. The molecule has 4 nitrogen and oxygen atoms in total. The molecular weight excluding hydrogens is 317 g/mol. The number of aryl methyl sites for hydroxylation is 1. The van der Waals surface area contributed by atoms with Gasteiger partial charge in [0.1, 0.15) is 5.82 Å². The number of hydrogen-bond donors (Lipinski definition) is 1. The van der Waals surface area contributed by atoms with E-state index in [1.165, 1.54) is 0 Å². The summed E-state index contributed by atoms with van der Waals surface area (Å²) in [6.07, 6.45) is 2.33. The zero-order chi connectivity index (χ0) is 11.7. The molecule has 1 aliphatic heterocycles. The molecule has 0 radical (unpaired) electrons. The Labute approximate surface area is 108 Å². The number of amides is 1. The second kappa shape index (κ2) is 4.67. The molecule has 1 aromatic rings. The van der Waals surface area contributed by atoms with Crippen molar-refractivity contribution in [1.29, 1.82) is 0 Å². The summed E-state index contributed by atoms with van der Waals surface area (Å²) in [5.74, 6) is 1.18. The largest absolute Gasteiger partial charge is 0.330 e. The first-order valence-electron chi connectivity index (χ1n) is 5.24. The fourth-order valence-electron chi connectivity index (χ4n) is 1.96. The zero-order valence-corrected chi connectivity index (χ0v) is 11.3. The number of hydrogen-bond acceptors (Lipinski definition) is 3. The topological polar surface area (TPSA) is 59.2 Å². The van der Waals surface area contributed by atoms with Gasteiger partial charge in [-0.2, -0.15) is 0 Å². The van der Waals surface area contributed by atoms with Gasteiger partial charge in [-0.3, -0.25) is 9.69 Å². The second-order valence-electron chi connectivity index (χ2n) is 4.10. The number of carbonyl (C=O) groups excluding carboxylic acids is 1. The number of carbonyl (C=O) groups is 1. The van der Waals surface area contributed by atoms with Crippen LogP contribution in [0.4, 0.5) is 5.82 Å². The van der Waals surface area contributed by atoms with Crippen molar-refractivity contribution in [3.05, 3.63) is 21.4 Å². The maximum absolute atomic E-state index is 11.8. The van der Waals surface area contributed by atoms with Crippen LogP contribution in [-0.4, -0.2) is 24.0 Å². The second-order valence-corrected chi connectivity index (χ2v) is 5.35. The quantitative estimate of drug-likeness (QED) is 0.832. The van der Waals surface area contributed by atoms with Crippen molar-refractivity contribution >= 4 is 34.3 Å². The number of pyridine rings is 1. The lowest BCUT2D eigenvalue weighted by Crippen LogP contribution is -2.27. The highest BCUT2D eigenvalue weighted by molar-refractivity contribution is 14.1. The third-order valence-electron chi connectivity index (χ3n) is 2.81. The van der Waals surface area contributed by atoms with Gasteiger partial charge >= 0.3 is 0 Å². The highest BCUT2D eigenvalue weighted by Gasteiger charge is 2.31. The van der Waals surface area contributed by atoms with E-state index >= 15 is 0 Å². The SMILES string of the molecule is Cc1cc(I)cnc1N1CC(CN)CC1=O. The predicted octanol–water partition coefficient (Wildman–Crippen LogP) is 1.31. The fourth-order valence-corrected chi connectivity index (χ4v) is 2.57. The molecule has 86 valence electrons. The molecule has 1 fully saturated rings. The summed E-state index contributed by atoms with van der Waals surface area (Å²) < 4.78 is 1.08. The summed E-state index contributed by atoms with van der Waals surface area (Å²) in [4.78, 5) is 17.9. The van der Waals surface area contributed by atoms with E-state index in [0.29, 0.717) is 19.5 Å². The van der Waals surface area contributed by atoms with Crippen molar-refractivity contribution in [3.63, 3.8) is 0 Å². The van der Waals surface area contributed by atoms with E-state index in [1.807, 2.05) is 13.0 Å². The summed E-state index contributed by atoms with van der Waals surface area (Å²) in [6, 6.07) is 2.03. The molecule has 1 atom stereocenters. The van der Waals surface area contributed by atoms with Crippen LogP contribution in [0.1, 0.15) is 12.0 Å². The minimum atomic E-state index is 0.132. The first kappa shape index (κ1) is 11.8. The van der Waals surface area contributed by atoms with E-state index in [-0.39, 0.29) is 11.8 Å². The van der Waals surface area contributed by atoms with Crippen LogP contribution in [0.15, 0.2) is 12.3 Å². The van der Waals surface area contributed by atoms with Gasteiger partial charge in [0.05, 0.1) is 0 Å². The third-order valence-corrected chi connectivity index (χ3v) is 3.40. The predicted molar refractivity (Wildman–Crippen MR) is 71.2 cm³/mol. The van der Waals surface area contributed by atoms with Crippen LogP contribution < -0.4 is 10.6 Å². The Morgan fingerprint density at radius 1 is 1.69 bits per heavy atom. The van der Waals surface area contributed by atoms with Crippen molar-refractivity contribution in [2.75, 3.05) is 18.0 Å². The summed E-state index contributed by atoms with van der Waals surface area (Å²) >= 11 is 2.22. The molecule has 1 saturated heterocycles. The molecule has 2 N–H and O–H groups in total. The van der Waals surface area contributed by atoms with Gasteiger partial charge in [0.2, 0.25) is 5.91 Å². The van der Waals surface area contributed by atoms with E-state index in [9.17, 15) is 4.79 Å². The maximum atomic E-state index is 11.8. The molecule has 1 amide bonds. The van der Waals surface area contributed by atoms with Gasteiger partial charge < -0.3 is 5.73 Å². The standard InChI is InChI=1S/C11H14IN3O/c1-7-2-9(12)5-14-11(7)15-6-8(4-13)3-10(15)16/h2,5,8H,3-4,6,13H2,1H3. The number of anilines is 1. The van der Waals surface area contributed by atoms with Crippen LogP contribution in [0.3, 0.4) is 0 Å². The van der Waals surface area contributed by atoms with Crippen LogP contribution in [0.25, 0.3) is 0 Å². The van der Waals surface area contributed by atoms with Gasteiger partial charge in [0.25, 0.3) is 0 Å². The van der Waals surface area contributed by atoms with Crippen LogP contribution in [0.2, 0.25) is 0 Å². The van der Waals surface area contributed by atoms with Crippen molar-refractivity contribution in [3.8, 4) is 0 Å². The molecule has 2 rings (SSSR count). The summed E-state index contributed by atoms with van der Waals surface area (Å²) in [5, 5.41) is 0. The van der Waals surface area contributed by atoms with E-state index in [1.54, 1.807) is 11.1 Å². The number of halogens is 1. The van der Waals surface area contributed by atoms with Gasteiger partial charge in [-0.1, -0.05) is 0 Å². The van der Waals surface area contributed by atoms with Crippen molar-refractivity contribution in [2.45, 2.75) is 13.3 Å². The molecule has 1 unspecified atom stereocenters. The summed E-state index contributed by atoms with van der Waals surface area (Å²) in [7, 11) is 0. The molecule has 1 aromatic heterocycles. The lowest BCUT2D eigenvalue weighted by Gasteiger charge is -2.17. The molecular formula is C11H14IN3O.